The van der Waals surface area contributed by atoms with E-state index in [1.54, 1.807) is 17.7 Å². The Morgan fingerprint density at radius 2 is 1.94 bits per heavy atom. The molecule has 34 heavy (non-hydrogen) atoms. The van der Waals surface area contributed by atoms with Crippen LogP contribution in [0.1, 0.15) is 25.1 Å². The molecule has 1 amide bonds. The molecule has 2 aromatic carbocycles. The maximum absolute atomic E-state index is 12.6. The van der Waals surface area contributed by atoms with Gasteiger partial charge in [0.15, 0.2) is 16.6 Å². The van der Waals surface area contributed by atoms with Gasteiger partial charge < -0.3 is 15.0 Å². The molecule has 1 aliphatic rings. The van der Waals surface area contributed by atoms with Gasteiger partial charge in [-0.3, -0.25) is 4.79 Å². The van der Waals surface area contributed by atoms with Crippen LogP contribution in [-0.2, 0) is 11.2 Å². The monoisotopic (exact) mass is 476 g/mol. The van der Waals surface area contributed by atoms with Crippen LogP contribution in [0.15, 0.2) is 53.7 Å². The zero-order valence-electron chi connectivity index (χ0n) is 19.2. The lowest BCUT2D eigenvalue weighted by molar-refractivity contribution is -0.113. The number of piperidine rings is 1. The van der Waals surface area contributed by atoms with Crippen LogP contribution in [0, 0.1) is 0 Å². The van der Waals surface area contributed by atoms with Crippen molar-refractivity contribution < 1.29 is 9.53 Å². The Hall–Kier alpha value is -3.17. The average molecular weight is 477 g/mol. The number of aromatic nitrogens is 4. The molecule has 1 fully saturated rings. The summed E-state index contributed by atoms with van der Waals surface area (Å²) in [5.41, 5.74) is 2.33. The SMILES string of the molecule is COc1cccc(NC(=O)CSc2nc3ccccc3c3nc(CCN4CCCCC4)nn23)c1. The van der Waals surface area contributed by atoms with Crippen LogP contribution < -0.4 is 10.1 Å². The molecule has 9 heteroatoms. The number of thioether (sulfide) groups is 1. The molecular formula is C25H28N6O2S. The van der Waals surface area contributed by atoms with Gasteiger partial charge in [0.05, 0.1) is 18.4 Å². The van der Waals surface area contributed by atoms with Crippen molar-refractivity contribution in [3.63, 3.8) is 0 Å². The Morgan fingerprint density at radius 3 is 2.79 bits per heavy atom. The number of rotatable bonds is 8. The number of methoxy groups -OCH3 is 1. The lowest BCUT2D eigenvalue weighted by Gasteiger charge is -2.25. The number of hydrogen-bond donors (Lipinski definition) is 1. The smallest absolute Gasteiger partial charge is 0.234 e. The van der Waals surface area contributed by atoms with Crippen molar-refractivity contribution in [1.29, 1.82) is 0 Å². The van der Waals surface area contributed by atoms with Crippen molar-refractivity contribution in [2.75, 3.05) is 37.8 Å². The molecule has 2 aromatic heterocycles. The van der Waals surface area contributed by atoms with Crippen LogP contribution >= 0.6 is 11.8 Å². The Labute approximate surface area is 202 Å². The van der Waals surface area contributed by atoms with Gasteiger partial charge in [-0.15, -0.1) is 5.10 Å². The zero-order chi connectivity index (χ0) is 23.3. The van der Waals surface area contributed by atoms with Crippen LogP contribution in [0.5, 0.6) is 5.75 Å². The molecule has 0 aliphatic carbocycles. The second-order valence-corrected chi connectivity index (χ2v) is 9.34. The van der Waals surface area contributed by atoms with Crippen molar-refractivity contribution in [2.45, 2.75) is 30.8 Å². The first-order chi connectivity index (χ1) is 16.7. The largest absolute Gasteiger partial charge is 0.497 e. The molecule has 176 valence electrons. The fraction of sp³-hybridized carbons (Fsp3) is 0.360. The highest BCUT2D eigenvalue weighted by Gasteiger charge is 2.17. The van der Waals surface area contributed by atoms with E-state index in [-0.39, 0.29) is 11.7 Å². The summed E-state index contributed by atoms with van der Waals surface area (Å²) in [6.07, 6.45) is 4.67. The van der Waals surface area contributed by atoms with Gasteiger partial charge in [-0.2, -0.15) is 4.52 Å². The Kier molecular flexibility index (Phi) is 6.92. The number of nitrogens with one attached hydrogen (secondary N) is 1. The maximum Gasteiger partial charge on any atom is 0.234 e. The van der Waals surface area contributed by atoms with Crippen LogP contribution in [0.25, 0.3) is 16.6 Å². The number of benzene rings is 2. The number of nitrogens with zero attached hydrogens (tertiary/aromatic N) is 5. The highest BCUT2D eigenvalue weighted by Crippen LogP contribution is 2.25. The molecule has 1 aliphatic heterocycles. The van der Waals surface area contributed by atoms with Gasteiger partial charge >= 0.3 is 0 Å². The summed E-state index contributed by atoms with van der Waals surface area (Å²) in [5.74, 6) is 1.60. The van der Waals surface area contributed by atoms with E-state index < -0.39 is 0 Å². The summed E-state index contributed by atoms with van der Waals surface area (Å²) in [6.45, 7) is 3.27. The number of anilines is 1. The lowest BCUT2D eigenvalue weighted by atomic mass is 10.1. The van der Waals surface area contributed by atoms with E-state index in [1.807, 2.05) is 42.5 Å². The van der Waals surface area contributed by atoms with Gasteiger partial charge in [0.1, 0.15) is 5.75 Å². The molecule has 0 spiro atoms. The summed E-state index contributed by atoms with van der Waals surface area (Å²) in [7, 11) is 1.60. The summed E-state index contributed by atoms with van der Waals surface area (Å²) in [5, 5.41) is 9.32. The van der Waals surface area contributed by atoms with Gasteiger partial charge in [-0.25, -0.2) is 9.97 Å². The van der Waals surface area contributed by atoms with Crippen LogP contribution in [0.4, 0.5) is 5.69 Å². The van der Waals surface area contributed by atoms with Crippen molar-refractivity contribution in [3.8, 4) is 5.75 Å². The predicted octanol–water partition coefficient (Wildman–Crippen LogP) is 4.05. The maximum atomic E-state index is 12.6. The van der Waals surface area contributed by atoms with E-state index in [0.29, 0.717) is 16.6 Å². The van der Waals surface area contributed by atoms with Gasteiger partial charge in [-0.05, 0) is 50.2 Å². The van der Waals surface area contributed by atoms with Crippen LogP contribution in [0.3, 0.4) is 0 Å². The highest BCUT2D eigenvalue weighted by molar-refractivity contribution is 7.99. The molecular weight excluding hydrogens is 448 g/mol. The summed E-state index contributed by atoms with van der Waals surface area (Å²) in [6, 6.07) is 15.3. The summed E-state index contributed by atoms with van der Waals surface area (Å²) < 4.78 is 7.02. The first-order valence-electron chi connectivity index (χ1n) is 11.6. The molecule has 1 N–H and O–H groups in total. The molecule has 0 saturated carbocycles. The van der Waals surface area contributed by atoms with Crippen LogP contribution in [-0.4, -0.2) is 62.9 Å². The molecule has 1 saturated heterocycles. The molecule has 4 aromatic rings. The molecule has 0 bridgehead atoms. The zero-order valence-corrected chi connectivity index (χ0v) is 20.1. The molecule has 0 atom stereocenters. The van der Waals surface area contributed by atoms with Crippen LogP contribution in [0.2, 0.25) is 0 Å². The second-order valence-electron chi connectivity index (χ2n) is 8.40. The first-order valence-corrected chi connectivity index (χ1v) is 12.6. The quantitative estimate of drug-likeness (QED) is 0.303. The third-order valence-electron chi connectivity index (χ3n) is 5.98. The number of likely N-dealkylation sites (tertiary alicyclic amines) is 1. The average Bonchev–Trinajstić information content (AvgIpc) is 3.31. The van der Waals surface area contributed by atoms with E-state index >= 15 is 0 Å². The number of carbonyl (C=O) groups is 1. The van der Waals surface area contributed by atoms with E-state index in [0.717, 1.165) is 48.4 Å². The van der Waals surface area contributed by atoms with E-state index in [1.165, 1.54) is 31.0 Å². The predicted molar refractivity (Wildman–Crippen MR) is 135 cm³/mol. The standard InChI is InChI=1S/C25H28N6O2S/c1-33-19-9-7-8-18(16-19)26-23(32)17-34-25-27-21-11-4-3-10-20(21)24-28-22(29-31(24)25)12-15-30-13-5-2-6-14-30/h3-4,7-11,16H,2,5-6,12-15,17H2,1H3,(H,26,32). The molecule has 5 rings (SSSR count). The molecule has 3 heterocycles. The molecule has 0 unspecified atom stereocenters. The van der Waals surface area contributed by atoms with Gasteiger partial charge in [0.25, 0.3) is 0 Å². The molecule has 0 radical (unpaired) electrons. The Morgan fingerprint density at radius 1 is 1.09 bits per heavy atom. The minimum absolute atomic E-state index is 0.119. The fourth-order valence-electron chi connectivity index (χ4n) is 4.24. The first kappa shape index (κ1) is 22.6. The minimum atomic E-state index is -0.119. The highest BCUT2D eigenvalue weighted by atomic mass is 32.2. The van der Waals surface area contributed by atoms with Crippen molar-refractivity contribution >= 4 is 39.9 Å². The summed E-state index contributed by atoms with van der Waals surface area (Å²) >= 11 is 1.36. The van der Waals surface area contributed by atoms with Gasteiger partial charge in [-0.1, -0.05) is 36.4 Å². The third kappa shape index (κ3) is 5.15. The number of carbonyl (C=O) groups excluding carboxylic acids is 1. The third-order valence-corrected chi connectivity index (χ3v) is 6.91. The Bertz CT molecular complexity index is 1300. The Balaban J connectivity index is 1.34. The molecule has 8 nitrogen and oxygen atoms in total. The van der Waals surface area contributed by atoms with Crippen molar-refractivity contribution in [1.82, 2.24) is 24.5 Å². The summed E-state index contributed by atoms with van der Waals surface area (Å²) in [4.78, 5) is 24.8. The van der Waals surface area contributed by atoms with E-state index in [2.05, 4.69) is 10.2 Å². The normalized spacial score (nSPS) is 14.5. The number of fused-ring (bicyclic) bond motifs is 3. The van der Waals surface area contributed by atoms with Crippen molar-refractivity contribution in [2.24, 2.45) is 0 Å². The topological polar surface area (TPSA) is 84.6 Å². The minimum Gasteiger partial charge on any atom is -0.497 e. The second kappa shape index (κ2) is 10.4. The number of amides is 1. The van der Waals surface area contributed by atoms with Gasteiger partial charge in [0, 0.05) is 30.1 Å². The fourth-order valence-corrected chi connectivity index (χ4v) is 4.99. The number of hydrogen-bond acceptors (Lipinski definition) is 7. The van der Waals surface area contributed by atoms with Crippen molar-refractivity contribution in [3.05, 3.63) is 54.4 Å². The van der Waals surface area contributed by atoms with Gasteiger partial charge in [0.2, 0.25) is 5.91 Å². The van der Waals surface area contributed by atoms with E-state index in [9.17, 15) is 4.79 Å². The number of ether oxygens (including phenoxy) is 1. The lowest BCUT2D eigenvalue weighted by Crippen LogP contribution is -2.31. The number of para-hydroxylation sites is 1. The van der Waals surface area contributed by atoms with E-state index in [4.69, 9.17) is 19.8 Å².